The van der Waals surface area contributed by atoms with Crippen molar-refractivity contribution in [3.8, 4) is 0 Å². The summed E-state index contributed by atoms with van der Waals surface area (Å²) in [5.74, 6) is -7.40. The minimum absolute atomic E-state index is 0.208. The van der Waals surface area contributed by atoms with Crippen molar-refractivity contribution in [2.24, 2.45) is 17.8 Å². The Balaban J connectivity index is 1.25. The Labute approximate surface area is 360 Å². The number of ketones is 3. The molecule has 3 unspecified atom stereocenters. The van der Waals surface area contributed by atoms with Crippen LogP contribution in [0.2, 0.25) is 0 Å². The Morgan fingerprint density at radius 3 is 1.34 bits per heavy atom. The first-order valence-corrected chi connectivity index (χ1v) is 20.6. The Morgan fingerprint density at radius 2 is 0.902 bits per heavy atom. The van der Waals surface area contributed by atoms with Crippen molar-refractivity contribution in [2.45, 2.75) is 42.6 Å². The minimum atomic E-state index is -1.59. The molecule has 5 aromatic rings. The lowest BCUT2D eigenvalue weighted by molar-refractivity contribution is -0.282. The third kappa shape index (κ3) is 10.1. The highest BCUT2D eigenvalue weighted by atomic mass is 79.9. The van der Waals surface area contributed by atoms with E-state index in [0.29, 0.717) is 0 Å². The maximum absolute atomic E-state index is 14.5. The molecular formula is C48H41BrO12. The van der Waals surface area contributed by atoms with Crippen LogP contribution in [0.1, 0.15) is 58.7 Å². The molecule has 9 atom stereocenters. The highest BCUT2D eigenvalue weighted by Gasteiger charge is 2.55. The lowest BCUT2D eigenvalue weighted by Crippen LogP contribution is -2.61. The van der Waals surface area contributed by atoms with E-state index in [2.05, 4.69) is 15.9 Å². The molecule has 0 spiro atoms. The van der Waals surface area contributed by atoms with Crippen molar-refractivity contribution in [1.29, 1.82) is 0 Å². The molecule has 12 nitrogen and oxygen atoms in total. The quantitative estimate of drug-likeness (QED) is 0.0473. The molecule has 0 bridgehead atoms. The van der Waals surface area contributed by atoms with E-state index in [1.165, 1.54) is 0 Å². The van der Waals surface area contributed by atoms with Gasteiger partial charge in [0.2, 0.25) is 5.78 Å². The third-order valence-corrected chi connectivity index (χ3v) is 11.2. The molecule has 2 aliphatic rings. The average Bonchev–Trinajstić information content (AvgIpc) is 3.31. The predicted octanol–water partition coefficient (Wildman–Crippen LogP) is 7.36. The van der Waals surface area contributed by atoms with Crippen LogP contribution in [0.3, 0.4) is 0 Å². The van der Waals surface area contributed by atoms with E-state index >= 15 is 0 Å². The number of alkyl halides is 1. The van der Waals surface area contributed by atoms with Crippen LogP contribution in [0.25, 0.3) is 0 Å². The number of carbonyl (C=O) groups excluding carboxylic acids is 6. The number of ether oxygens (including phenoxy) is 6. The number of Topliss-reactive ketones (excluding diaryl/α,β-unsaturated/α-hetero) is 3. The van der Waals surface area contributed by atoms with Crippen molar-refractivity contribution >= 4 is 51.2 Å². The van der Waals surface area contributed by atoms with Gasteiger partial charge in [0.1, 0.15) is 37.6 Å². The molecule has 2 heterocycles. The molecule has 312 valence electrons. The molecular weight excluding hydrogens is 848 g/mol. The minimum Gasteiger partial charge on any atom is -0.459 e. The molecule has 0 aliphatic carbocycles. The molecule has 2 saturated heterocycles. The predicted molar refractivity (Wildman–Crippen MR) is 223 cm³/mol. The average molecular weight is 890 g/mol. The van der Waals surface area contributed by atoms with Crippen LogP contribution in [0.4, 0.5) is 0 Å². The fourth-order valence-corrected chi connectivity index (χ4v) is 7.95. The SMILES string of the molecule is CC1[C@H](O[C@@H]2C(=O)[C@@H](Br)OC(COC(=O)c3ccccc3)[C@H]2C(=O)c2ccccc2)OC(COC(=O)c2ccccc2)[C@@H](C(=O)c2ccccc2)[C@@H]1OC(=O)c1ccccc1. The fraction of sp³-hybridized carbons (Fsp3) is 0.250. The van der Waals surface area contributed by atoms with E-state index in [-0.39, 0.29) is 27.8 Å². The number of esters is 3. The molecule has 61 heavy (non-hydrogen) atoms. The smallest absolute Gasteiger partial charge is 0.338 e. The zero-order valence-electron chi connectivity index (χ0n) is 32.8. The van der Waals surface area contributed by atoms with Crippen molar-refractivity contribution in [3.05, 3.63) is 179 Å². The van der Waals surface area contributed by atoms with Crippen LogP contribution in [-0.4, -0.2) is 84.2 Å². The highest BCUT2D eigenvalue weighted by Crippen LogP contribution is 2.40. The van der Waals surface area contributed by atoms with E-state index < -0.39 is 102 Å². The molecule has 2 fully saturated rings. The normalized spacial score (nSPS) is 24.8. The maximum atomic E-state index is 14.5. The number of carbonyl (C=O) groups is 6. The lowest BCUT2D eigenvalue weighted by atomic mass is 9.79. The van der Waals surface area contributed by atoms with Crippen LogP contribution < -0.4 is 0 Å². The standard InChI is InChI=1S/C48H41BrO12/c1-29-42(60-47(55)34-25-15-6-16-26-34)37(39(50)30-17-7-2-8-18-30)36(28-57-46(54)33-23-13-5-14-24-33)59-48(29)61-43-38(40(51)31-19-9-3-10-20-31)35(58-44(49)41(43)52)27-56-45(53)32-21-11-4-12-22-32/h2-26,29,35-38,42-44,48H,27-28H2,1H3/t29?,35?,36?,37-,38-,42+,43-,44-,48-/m0/s1. The van der Waals surface area contributed by atoms with E-state index in [1.807, 2.05) is 0 Å². The van der Waals surface area contributed by atoms with Gasteiger partial charge in [-0.2, -0.15) is 0 Å². The van der Waals surface area contributed by atoms with E-state index in [4.69, 9.17) is 28.4 Å². The van der Waals surface area contributed by atoms with Crippen LogP contribution >= 0.6 is 15.9 Å². The number of hydrogen-bond acceptors (Lipinski definition) is 12. The van der Waals surface area contributed by atoms with Crippen LogP contribution in [0, 0.1) is 17.8 Å². The van der Waals surface area contributed by atoms with Gasteiger partial charge in [-0.3, -0.25) is 14.4 Å². The van der Waals surface area contributed by atoms with Gasteiger partial charge in [0, 0.05) is 17.0 Å². The summed E-state index contributed by atoms with van der Waals surface area (Å²) in [6.45, 7) is 0.708. The fourth-order valence-electron chi connectivity index (χ4n) is 7.41. The van der Waals surface area contributed by atoms with Gasteiger partial charge in [-0.25, -0.2) is 14.4 Å². The Kier molecular flexibility index (Phi) is 14.1. The molecule has 7 rings (SSSR count). The molecule has 13 heteroatoms. The summed E-state index contributed by atoms with van der Waals surface area (Å²) in [6, 6.07) is 41.2. The molecule has 2 aliphatic heterocycles. The molecule has 0 radical (unpaired) electrons. The topological polar surface area (TPSA) is 158 Å². The van der Waals surface area contributed by atoms with Crippen molar-refractivity contribution < 1.29 is 57.2 Å². The number of benzene rings is 5. The molecule has 0 N–H and O–H groups in total. The first-order valence-electron chi connectivity index (χ1n) is 19.6. The van der Waals surface area contributed by atoms with Gasteiger partial charge >= 0.3 is 17.9 Å². The van der Waals surface area contributed by atoms with Crippen LogP contribution in [0.15, 0.2) is 152 Å². The molecule has 0 amide bonds. The maximum Gasteiger partial charge on any atom is 0.338 e. The summed E-state index contributed by atoms with van der Waals surface area (Å²) < 4.78 is 36.7. The van der Waals surface area contributed by atoms with Gasteiger partial charge in [0.05, 0.1) is 28.5 Å². The zero-order valence-corrected chi connectivity index (χ0v) is 34.4. The molecule has 5 aromatic carbocycles. The number of hydrogen-bond donors (Lipinski definition) is 0. The van der Waals surface area contributed by atoms with Gasteiger partial charge in [0.25, 0.3) is 0 Å². The first-order chi connectivity index (χ1) is 29.6. The summed E-state index contributed by atoms with van der Waals surface area (Å²) in [5, 5.41) is -1.31. The van der Waals surface area contributed by atoms with Crippen LogP contribution in [-0.2, 0) is 33.2 Å². The first kappa shape index (κ1) is 43.0. The Hall–Kier alpha value is -6.12. The van der Waals surface area contributed by atoms with E-state index in [9.17, 15) is 28.8 Å². The zero-order chi connectivity index (χ0) is 42.9. The second-order valence-electron chi connectivity index (χ2n) is 14.5. The Morgan fingerprint density at radius 1 is 0.525 bits per heavy atom. The van der Waals surface area contributed by atoms with Crippen molar-refractivity contribution in [3.63, 3.8) is 0 Å². The second-order valence-corrected chi connectivity index (χ2v) is 15.4. The van der Waals surface area contributed by atoms with Gasteiger partial charge < -0.3 is 28.4 Å². The highest BCUT2D eigenvalue weighted by molar-refractivity contribution is 9.09. The summed E-state index contributed by atoms with van der Waals surface area (Å²) in [6.07, 6.45) is -6.80. The van der Waals surface area contributed by atoms with Gasteiger partial charge in [0.15, 0.2) is 22.9 Å². The van der Waals surface area contributed by atoms with Crippen LogP contribution in [0.5, 0.6) is 0 Å². The van der Waals surface area contributed by atoms with Gasteiger partial charge in [-0.05, 0) is 52.3 Å². The van der Waals surface area contributed by atoms with E-state index in [1.54, 1.807) is 159 Å². The third-order valence-electron chi connectivity index (χ3n) is 10.6. The molecule has 0 aromatic heterocycles. The summed E-state index contributed by atoms with van der Waals surface area (Å²) in [4.78, 5) is 83.4. The van der Waals surface area contributed by atoms with Gasteiger partial charge in [-0.1, -0.05) is 122 Å². The number of halogens is 1. The second kappa shape index (κ2) is 20.0. The Bertz CT molecular complexity index is 2310. The van der Waals surface area contributed by atoms with Gasteiger partial charge in [-0.15, -0.1) is 0 Å². The number of rotatable bonds is 14. The summed E-state index contributed by atoms with van der Waals surface area (Å²) in [7, 11) is 0. The van der Waals surface area contributed by atoms with Crippen molar-refractivity contribution in [1.82, 2.24) is 0 Å². The largest absolute Gasteiger partial charge is 0.459 e. The monoisotopic (exact) mass is 888 g/mol. The van der Waals surface area contributed by atoms with Crippen molar-refractivity contribution in [2.75, 3.05) is 13.2 Å². The lowest BCUT2D eigenvalue weighted by Gasteiger charge is -2.46. The summed E-state index contributed by atoms with van der Waals surface area (Å²) >= 11 is 3.28. The summed E-state index contributed by atoms with van der Waals surface area (Å²) in [5.41, 5.74) is 1.24. The van der Waals surface area contributed by atoms with E-state index in [0.717, 1.165) is 0 Å². The molecule has 0 saturated carbocycles.